The van der Waals surface area contributed by atoms with Crippen molar-refractivity contribution in [1.29, 1.82) is 0 Å². The van der Waals surface area contributed by atoms with E-state index in [1.807, 2.05) is 43.3 Å². The number of nitrogens with zero attached hydrogens (tertiary/aromatic N) is 4. The molecule has 5 rings (SSSR count). The lowest BCUT2D eigenvalue weighted by molar-refractivity contribution is 0.627. The molecule has 0 bridgehead atoms. The summed E-state index contributed by atoms with van der Waals surface area (Å²) >= 11 is 1.38. The Balaban J connectivity index is 1.60. The zero-order valence-corrected chi connectivity index (χ0v) is 17.4. The lowest BCUT2D eigenvalue weighted by Crippen LogP contribution is -2.21. The molecule has 0 aliphatic carbocycles. The van der Waals surface area contributed by atoms with E-state index in [4.69, 9.17) is 4.98 Å². The smallest absolute Gasteiger partial charge is 0.266 e. The number of rotatable bonds is 4. The van der Waals surface area contributed by atoms with Crippen LogP contribution >= 0.6 is 11.8 Å². The van der Waals surface area contributed by atoms with Crippen molar-refractivity contribution >= 4 is 33.6 Å². The van der Waals surface area contributed by atoms with Gasteiger partial charge >= 0.3 is 0 Å². The van der Waals surface area contributed by atoms with Crippen LogP contribution in [-0.2, 0) is 5.75 Å². The van der Waals surface area contributed by atoms with Crippen LogP contribution in [0, 0.1) is 12.7 Å². The molecular formula is C24H17FN4OS. The number of thioether (sulfide) groups is 1. The third-order valence-electron chi connectivity index (χ3n) is 5.00. The lowest BCUT2D eigenvalue weighted by atomic mass is 10.2. The Hall–Kier alpha value is -3.58. The predicted molar refractivity (Wildman–Crippen MR) is 121 cm³/mol. The van der Waals surface area contributed by atoms with Gasteiger partial charge in [-0.3, -0.25) is 9.36 Å². The first-order valence-corrected chi connectivity index (χ1v) is 10.7. The summed E-state index contributed by atoms with van der Waals surface area (Å²) in [5, 5.41) is 2.03. The Bertz CT molecular complexity index is 1480. The summed E-state index contributed by atoms with van der Waals surface area (Å²) in [6.07, 6.45) is 0. The van der Waals surface area contributed by atoms with Crippen molar-refractivity contribution < 1.29 is 4.39 Å². The third-order valence-corrected chi connectivity index (χ3v) is 5.93. The van der Waals surface area contributed by atoms with E-state index in [-0.39, 0.29) is 11.4 Å². The molecule has 0 atom stereocenters. The van der Waals surface area contributed by atoms with Crippen LogP contribution in [-0.4, -0.2) is 19.5 Å². The van der Waals surface area contributed by atoms with Gasteiger partial charge < -0.3 is 0 Å². The van der Waals surface area contributed by atoms with Gasteiger partial charge in [0.25, 0.3) is 5.56 Å². The van der Waals surface area contributed by atoms with Crippen LogP contribution in [0.2, 0.25) is 0 Å². The fourth-order valence-electron chi connectivity index (χ4n) is 3.52. The molecule has 0 fully saturated rings. The van der Waals surface area contributed by atoms with Crippen molar-refractivity contribution in [2.45, 2.75) is 17.8 Å². The van der Waals surface area contributed by atoms with Gasteiger partial charge in [0, 0.05) is 11.1 Å². The van der Waals surface area contributed by atoms with E-state index in [1.165, 1.54) is 28.5 Å². The highest BCUT2D eigenvalue weighted by Crippen LogP contribution is 2.25. The van der Waals surface area contributed by atoms with E-state index in [0.29, 0.717) is 33.3 Å². The van der Waals surface area contributed by atoms with Crippen LogP contribution in [0.5, 0.6) is 0 Å². The van der Waals surface area contributed by atoms with E-state index in [1.54, 1.807) is 24.3 Å². The summed E-state index contributed by atoms with van der Waals surface area (Å²) < 4.78 is 15.0. The average molecular weight is 428 g/mol. The summed E-state index contributed by atoms with van der Waals surface area (Å²) in [5.74, 6) is 0.742. The first kappa shape index (κ1) is 19.4. The molecule has 2 aromatic heterocycles. The van der Waals surface area contributed by atoms with Crippen molar-refractivity contribution in [3.8, 4) is 5.69 Å². The second-order valence-electron chi connectivity index (χ2n) is 7.06. The predicted octanol–water partition coefficient (Wildman–Crippen LogP) is 5.07. The van der Waals surface area contributed by atoms with Gasteiger partial charge in [0.1, 0.15) is 11.6 Å². The minimum atomic E-state index is -0.361. The van der Waals surface area contributed by atoms with Gasteiger partial charge in [-0.1, -0.05) is 42.1 Å². The highest BCUT2D eigenvalue weighted by atomic mass is 32.2. The zero-order chi connectivity index (χ0) is 21.4. The molecular weight excluding hydrogens is 411 g/mol. The van der Waals surface area contributed by atoms with Crippen LogP contribution < -0.4 is 5.56 Å². The fourth-order valence-corrected chi connectivity index (χ4v) is 4.38. The SMILES string of the molecule is Cc1nc(CSc2nc3ccccc3c(=O)n2-c2ccc(F)cc2)nc2ccccc12. The fraction of sp³-hybridized carbons (Fsp3) is 0.0833. The normalized spacial score (nSPS) is 11.3. The summed E-state index contributed by atoms with van der Waals surface area (Å²) in [6.45, 7) is 1.96. The van der Waals surface area contributed by atoms with E-state index in [9.17, 15) is 9.18 Å². The standard InChI is InChI=1S/C24H17FN4OS/c1-15-18-6-2-4-8-20(18)27-22(26-15)14-31-24-28-21-9-5-3-7-19(21)23(30)29(24)17-12-10-16(25)11-13-17/h2-13H,14H2,1H3. The number of aryl methyl sites for hydroxylation is 1. The van der Waals surface area contributed by atoms with Gasteiger partial charge in [0.2, 0.25) is 0 Å². The quantitative estimate of drug-likeness (QED) is 0.295. The van der Waals surface area contributed by atoms with E-state index in [0.717, 1.165) is 16.6 Å². The molecule has 7 heteroatoms. The highest BCUT2D eigenvalue weighted by Gasteiger charge is 2.14. The minimum Gasteiger partial charge on any atom is -0.268 e. The van der Waals surface area contributed by atoms with Crippen LogP contribution in [0.4, 0.5) is 4.39 Å². The Morgan fingerprint density at radius 3 is 2.23 bits per heavy atom. The molecule has 0 radical (unpaired) electrons. The van der Waals surface area contributed by atoms with Gasteiger partial charge in [-0.2, -0.15) is 0 Å². The van der Waals surface area contributed by atoms with Gasteiger partial charge in [0.15, 0.2) is 5.16 Å². The number of para-hydroxylation sites is 2. The number of halogens is 1. The Morgan fingerprint density at radius 2 is 1.48 bits per heavy atom. The molecule has 2 heterocycles. The Labute approximate surface area is 181 Å². The lowest BCUT2D eigenvalue weighted by Gasteiger charge is -2.13. The maximum Gasteiger partial charge on any atom is 0.266 e. The summed E-state index contributed by atoms with van der Waals surface area (Å²) in [7, 11) is 0. The Morgan fingerprint density at radius 1 is 0.839 bits per heavy atom. The second-order valence-corrected chi connectivity index (χ2v) is 8.00. The number of hydrogen-bond acceptors (Lipinski definition) is 5. The monoisotopic (exact) mass is 428 g/mol. The van der Waals surface area contributed by atoms with Gasteiger partial charge in [-0.05, 0) is 49.4 Å². The third kappa shape index (κ3) is 3.68. The Kier molecular flexibility index (Phi) is 4.95. The highest BCUT2D eigenvalue weighted by molar-refractivity contribution is 7.98. The van der Waals surface area contributed by atoms with Crippen molar-refractivity contribution in [3.05, 3.63) is 100 Å². The summed E-state index contributed by atoms with van der Waals surface area (Å²) in [4.78, 5) is 27.2. The largest absolute Gasteiger partial charge is 0.268 e. The van der Waals surface area contributed by atoms with Crippen LogP contribution in [0.25, 0.3) is 27.5 Å². The van der Waals surface area contributed by atoms with Gasteiger partial charge in [-0.15, -0.1) is 0 Å². The molecule has 0 amide bonds. The topological polar surface area (TPSA) is 60.7 Å². The molecule has 3 aromatic carbocycles. The molecule has 5 aromatic rings. The molecule has 5 nitrogen and oxygen atoms in total. The van der Waals surface area contributed by atoms with E-state index in [2.05, 4.69) is 9.97 Å². The number of fused-ring (bicyclic) bond motifs is 2. The molecule has 0 N–H and O–H groups in total. The van der Waals surface area contributed by atoms with E-state index < -0.39 is 0 Å². The number of benzene rings is 3. The van der Waals surface area contributed by atoms with Gasteiger partial charge in [-0.25, -0.2) is 19.3 Å². The molecule has 0 spiro atoms. The maximum atomic E-state index is 13.5. The van der Waals surface area contributed by atoms with Crippen molar-refractivity contribution in [1.82, 2.24) is 19.5 Å². The average Bonchev–Trinajstić information content (AvgIpc) is 2.79. The molecule has 0 aliphatic heterocycles. The summed E-state index contributed by atoms with van der Waals surface area (Å²) in [6, 6.07) is 20.9. The maximum absolute atomic E-state index is 13.5. The first-order valence-electron chi connectivity index (χ1n) is 9.73. The van der Waals surface area contributed by atoms with Crippen LogP contribution in [0.3, 0.4) is 0 Å². The van der Waals surface area contributed by atoms with Gasteiger partial charge in [0.05, 0.1) is 27.9 Å². The van der Waals surface area contributed by atoms with Crippen molar-refractivity contribution in [2.75, 3.05) is 0 Å². The number of hydrogen-bond donors (Lipinski definition) is 0. The minimum absolute atomic E-state index is 0.199. The van der Waals surface area contributed by atoms with E-state index >= 15 is 0 Å². The molecule has 31 heavy (non-hydrogen) atoms. The zero-order valence-electron chi connectivity index (χ0n) is 16.6. The van der Waals surface area contributed by atoms with Crippen molar-refractivity contribution in [3.63, 3.8) is 0 Å². The molecule has 0 aliphatic rings. The molecule has 0 saturated heterocycles. The second kappa shape index (κ2) is 7.92. The molecule has 0 saturated carbocycles. The summed E-state index contributed by atoms with van der Waals surface area (Å²) in [5.41, 5.74) is 2.76. The van der Waals surface area contributed by atoms with Crippen molar-refractivity contribution in [2.24, 2.45) is 0 Å². The molecule has 152 valence electrons. The van der Waals surface area contributed by atoms with Crippen LogP contribution in [0.1, 0.15) is 11.5 Å². The number of aromatic nitrogens is 4. The first-order chi connectivity index (χ1) is 15.1. The van der Waals surface area contributed by atoms with Crippen LogP contribution in [0.15, 0.2) is 82.7 Å². The molecule has 0 unspecified atom stereocenters.